The summed E-state index contributed by atoms with van der Waals surface area (Å²) in [5.41, 5.74) is 0. The average Bonchev–Trinajstić information content (AvgIpc) is 1.59. The third-order valence-electron chi connectivity index (χ3n) is 0.962. The Kier molecular flexibility index (Phi) is 6.34. The van der Waals surface area contributed by atoms with E-state index < -0.39 is 0 Å². The molecular weight excluding hydrogens is 297 g/mol. The lowest BCUT2D eigenvalue weighted by molar-refractivity contribution is 1.26. The van der Waals surface area contributed by atoms with Crippen LogP contribution in [0.3, 0.4) is 0 Å². The van der Waals surface area contributed by atoms with Crippen LogP contribution in [0.4, 0.5) is 0 Å². The molecule has 0 heterocycles. The van der Waals surface area contributed by atoms with Crippen molar-refractivity contribution in [2.75, 3.05) is 31.3 Å². The monoisotopic (exact) mass is 315 g/mol. The molecule has 0 spiro atoms. The van der Waals surface area contributed by atoms with E-state index in [1.165, 1.54) is 0 Å². The second-order valence-electron chi connectivity index (χ2n) is 2.41. The van der Waals surface area contributed by atoms with Crippen molar-refractivity contribution in [2.24, 2.45) is 0 Å². The summed E-state index contributed by atoms with van der Waals surface area (Å²) in [7, 11) is 0.118. The summed E-state index contributed by atoms with van der Waals surface area (Å²) in [6.45, 7) is 0. The largest absolute Gasteiger partial charge is 0.194 e. The van der Waals surface area contributed by atoms with Crippen LogP contribution in [-0.4, -0.2) is 34.4 Å². The molecule has 0 aliphatic carbocycles. The first kappa shape index (κ1) is 11.7. The summed E-state index contributed by atoms with van der Waals surface area (Å²) in [5.74, 6) is 0. The van der Waals surface area contributed by atoms with Crippen LogP contribution in [0.15, 0.2) is 0 Å². The topological polar surface area (TPSA) is 3.24 Å². The first-order chi connectivity index (χ1) is 4.46. The zero-order valence-corrected chi connectivity index (χ0v) is 12.0. The van der Waals surface area contributed by atoms with Crippen LogP contribution in [0.25, 0.3) is 0 Å². The molecule has 0 aliphatic rings. The fraction of sp³-hybridized carbons (Fsp3) is 1.00. The van der Waals surface area contributed by atoms with Gasteiger partial charge in [-0.25, -0.2) is 0 Å². The molecule has 0 aromatic rings. The zero-order chi connectivity index (χ0) is 8.31. The van der Waals surface area contributed by atoms with Crippen molar-refractivity contribution in [2.45, 2.75) is 0 Å². The van der Waals surface area contributed by atoms with Crippen LogP contribution in [0.2, 0.25) is 0 Å². The molecular formula is C5H18INS3. The van der Waals surface area contributed by atoms with Crippen LogP contribution in [-0.2, 0) is 0 Å². The highest BCUT2D eigenvalue weighted by atomic mass is 127. The van der Waals surface area contributed by atoms with E-state index in [1.807, 2.05) is 0 Å². The fourth-order valence-electron chi connectivity index (χ4n) is 0.851. The number of halogens is 1. The molecule has 10 heavy (non-hydrogen) atoms. The van der Waals surface area contributed by atoms with Gasteiger partial charge < -0.3 is 0 Å². The second-order valence-corrected chi connectivity index (χ2v) is 13.0. The standard InChI is InChI=1S/C5H18INS3/c1-8(2)7(9(3)4)10(5)6/h8-10H,1-5H3. The van der Waals surface area contributed by atoms with Crippen molar-refractivity contribution < 1.29 is 0 Å². The van der Waals surface area contributed by atoms with Crippen LogP contribution in [0.5, 0.6) is 0 Å². The summed E-state index contributed by atoms with van der Waals surface area (Å²) in [4.78, 5) is 0. The van der Waals surface area contributed by atoms with Crippen LogP contribution in [0.1, 0.15) is 0 Å². The Labute approximate surface area is 85.3 Å². The zero-order valence-electron chi connectivity index (χ0n) is 7.17. The highest BCUT2D eigenvalue weighted by molar-refractivity contribution is 14.2. The molecule has 0 radical (unpaired) electrons. The number of hydrogen-bond donors (Lipinski definition) is 3. The fourth-order valence-corrected chi connectivity index (χ4v) is 14.6. The predicted molar refractivity (Wildman–Crippen MR) is 72.4 cm³/mol. The van der Waals surface area contributed by atoms with Gasteiger partial charge in [-0.1, -0.05) is 0 Å². The number of rotatable bonds is 3. The summed E-state index contributed by atoms with van der Waals surface area (Å²) in [5, 5.41) is 0. The molecule has 0 N–H and O–H groups in total. The molecule has 0 saturated heterocycles. The average molecular weight is 315 g/mol. The Balaban J connectivity index is 3.98. The molecule has 1 atom stereocenters. The molecule has 0 bridgehead atoms. The maximum Gasteiger partial charge on any atom is -0.0122 e. The highest BCUT2D eigenvalue weighted by Crippen LogP contribution is 2.53. The van der Waals surface area contributed by atoms with Crippen LogP contribution >= 0.6 is 51.6 Å². The molecule has 0 saturated carbocycles. The van der Waals surface area contributed by atoms with E-state index in [9.17, 15) is 0 Å². The van der Waals surface area contributed by atoms with E-state index in [-0.39, 0.29) is 30.4 Å². The highest BCUT2D eigenvalue weighted by Gasteiger charge is 2.10. The van der Waals surface area contributed by atoms with Crippen molar-refractivity contribution in [1.82, 2.24) is 3.12 Å². The molecule has 0 rings (SSSR count). The van der Waals surface area contributed by atoms with Crippen molar-refractivity contribution in [3.8, 4) is 0 Å². The quantitative estimate of drug-likeness (QED) is 0.533. The van der Waals surface area contributed by atoms with Crippen molar-refractivity contribution >= 4 is 51.6 Å². The summed E-state index contributed by atoms with van der Waals surface area (Å²) in [6, 6.07) is 0. The summed E-state index contributed by atoms with van der Waals surface area (Å²) >= 11 is 2.84. The molecule has 0 aromatic carbocycles. The van der Waals surface area contributed by atoms with Crippen molar-refractivity contribution in [3.63, 3.8) is 0 Å². The van der Waals surface area contributed by atoms with Gasteiger partial charge in [0.1, 0.15) is 0 Å². The Morgan fingerprint density at radius 2 is 1.20 bits per heavy atom. The molecule has 68 valence electrons. The molecule has 1 nitrogen and oxygen atoms in total. The second kappa shape index (κ2) is 5.40. The smallest absolute Gasteiger partial charge is 0.0122 e. The van der Waals surface area contributed by atoms with Gasteiger partial charge in [-0.15, -0.1) is 8.25 Å². The molecule has 0 aliphatic heterocycles. The van der Waals surface area contributed by atoms with E-state index >= 15 is 0 Å². The van der Waals surface area contributed by atoms with Gasteiger partial charge in [0, 0.05) is 0 Å². The Hall–Kier alpha value is 1.74. The van der Waals surface area contributed by atoms with Gasteiger partial charge in [0.2, 0.25) is 0 Å². The third-order valence-corrected chi connectivity index (χ3v) is 12.1. The molecule has 0 fully saturated rings. The van der Waals surface area contributed by atoms with E-state index in [0.717, 1.165) is 0 Å². The molecule has 0 aromatic heterocycles. The van der Waals surface area contributed by atoms with Gasteiger partial charge in [0.05, 0.1) is 0 Å². The maximum absolute atomic E-state index is 2.68. The van der Waals surface area contributed by atoms with Crippen LogP contribution < -0.4 is 0 Å². The first-order valence-corrected chi connectivity index (χ1v) is 11.9. The van der Waals surface area contributed by atoms with E-state index in [0.29, 0.717) is 0 Å². The minimum Gasteiger partial charge on any atom is -0.194 e. The lowest BCUT2D eigenvalue weighted by Gasteiger charge is -2.38. The third kappa shape index (κ3) is 3.94. The molecule has 1 unspecified atom stereocenters. The maximum atomic E-state index is 2.68. The van der Waals surface area contributed by atoms with Gasteiger partial charge in [-0.3, -0.25) is 0 Å². The number of nitrogens with zero attached hydrogens (tertiary/aromatic N) is 1. The lowest BCUT2D eigenvalue weighted by Crippen LogP contribution is -2.07. The predicted octanol–water partition coefficient (Wildman–Crippen LogP) is 2.54. The van der Waals surface area contributed by atoms with E-state index in [2.05, 4.69) is 55.6 Å². The van der Waals surface area contributed by atoms with Crippen molar-refractivity contribution in [1.29, 1.82) is 0 Å². The normalized spacial score (nSPS) is 18.9. The minimum absolute atomic E-state index is 0.118. The molecule has 0 amide bonds. The SMILES string of the molecule is C[SH](C)N([SH](C)C)[SH](C)I. The Bertz CT molecular complexity index is 77.9. The minimum atomic E-state index is 0.118. The Morgan fingerprint density at radius 1 is 0.900 bits per heavy atom. The van der Waals surface area contributed by atoms with Gasteiger partial charge >= 0.3 is 0 Å². The lowest BCUT2D eigenvalue weighted by atomic mass is 11.9. The van der Waals surface area contributed by atoms with Gasteiger partial charge in [-0.05, 0) is 52.5 Å². The van der Waals surface area contributed by atoms with Crippen molar-refractivity contribution in [3.05, 3.63) is 0 Å². The summed E-state index contributed by atoms with van der Waals surface area (Å²) in [6.07, 6.45) is 11.7. The summed E-state index contributed by atoms with van der Waals surface area (Å²) < 4.78 is 2.68. The first-order valence-electron chi connectivity index (χ1n) is 3.01. The molecule has 5 heteroatoms. The van der Waals surface area contributed by atoms with Gasteiger partial charge in [0.15, 0.2) is 0 Å². The number of hydrogen-bond acceptors (Lipinski definition) is 1. The van der Waals surface area contributed by atoms with E-state index in [1.54, 1.807) is 0 Å². The Morgan fingerprint density at radius 3 is 1.20 bits per heavy atom. The van der Waals surface area contributed by atoms with Gasteiger partial charge in [-0.2, -0.15) is 25.3 Å². The van der Waals surface area contributed by atoms with E-state index in [4.69, 9.17) is 0 Å². The number of thiol groups is 3. The van der Waals surface area contributed by atoms with Crippen LogP contribution in [0, 0.1) is 0 Å². The van der Waals surface area contributed by atoms with Gasteiger partial charge in [0.25, 0.3) is 0 Å².